The van der Waals surface area contributed by atoms with Gasteiger partial charge < -0.3 is 0 Å². The molecule has 4 heteroatoms. The fraction of sp³-hybridized carbons (Fsp3) is 0.0952. The Labute approximate surface area is 146 Å². The summed E-state index contributed by atoms with van der Waals surface area (Å²) >= 11 is 0. The molecule has 0 bridgehead atoms. The van der Waals surface area contributed by atoms with Crippen LogP contribution in [0, 0.1) is 13.8 Å². The molecule has 4 nitrogen and oxygen atoms in total. The molecule has 0 saturated heterocycles. The molecule has 2 aromatic carbocycles. The van der Waals surface area contributed by atoms with Crippen LogP contribution in [-0.2, 0) is 0 Å². The quantitative estimate of drug-likeness (QED) is 0.552. The van der Waals surface area contributed by atoms with Crippen LogP contribution in [0.15, 0.2) is 72.8 Å². The lowest BCUT2D eigenvalue weighted by molar-refractivity contribution is 0.776. The van der Waals surface area contributed by atoms with Crippen molar-refractivity contribution < 1.29 is 0 Å². The summed E-state index contributed by atoms with van der Waals surface area (Å²) in [6, 6.07) is 24.4. The van der Waals surface area contributed by atoms with E-state index in [-0.39, 0.29) is 0 Å². The molecule has 0 aliphatic carbocycles. The first kappa shape index (κ1) is 15.3. The van der Waals surface area contributed by atoms with Crippen molar-refractivity contribution in [2.24, 2.45) is 0 Å². The molecule has 0 N–H and O–H groups in total. The van der Waals surface area contributed by atoms with Gasteiger partial charge in [0.1, 0.15) is 0 Å². The molecule has 4 rings (SSSR count). The fourth-order valence-corrected chi connectivity index (χ4v) is 2.87. The maximum atomic E-state index is 4.76. The van der Waals surface area contributed by atoms with Gasteiger partial charge in [0.05, 0.1) is 17.1 Å². The van der Waals surface area contributed by atoms with Crippen LogP contribution in [0.1, 0.15) is 11.4 Å². The second-order valence-electron chi connectivity index (χ2n) is 6.01. The molecular formula is C21H18N4. The van der Waals surface area contributed by atoms with Crippen molar-refractivity contribution in [3.05, 3.63) is 84.2 Å². The summed E-state index contributed by atoms with van der Waals surface area (Å²) in [6.45, 7) is 3.99. The van der Waals surface area contributed by atoms with Gasteiger partial charge in [-0.3, -0.25) is 0 Å². The second kappa shape index (κ2) is 6.32. The highest BCUT2D eigenvalue weighted by atomic mass is 15.4. The minimum absolute atomic E-state index is 0.589. The monoisotopic (exact) mass is 326 g/mol. The van der Waals surface area contributed by atoms with Gasteiger partial charge in [0.25, 0.3) is 5.95 Å². The first-order chi connectivity index (χ1) is 12.2. The van der Waals surface area contributed by atoms with Crippen LogP contribution in [0.3, 0.4) is 0 Å². The van der Waals surface area contributed by atoms with E-state index in [9.17, 15) is 0 Å². The maximum absolute atomic E-state index is 4.76. The van der Waals surface area contributed by atoms with Crippen LogP contribution in [-0.4, -0.2) is 19.7 Å². The molecule has 4 aromatic rings. The molecule has 0 atom stereocenters. The van der Waals surface area contributed by atoms with Crippen LogP contribution in [0.5, 0.6) is 0 Å². The molecule has 0 unspecified atom stereocenters. The highest BCUT2D eigenvalue weighted by Crippen LogP contribution is 2.25. The van der Waals surface area contributed by atoms with Crippen LogP contribution < -0.4 is 0 Å². The Morgan fingerprint density at radius 2 is 1.20 bits per heavy atom. The summed E-state index contributed by atoms with van der Waals surface area (Å²) in [5.41, 5.74) is 5.86. The number of aryl methyl sites for hydroxylation is 2. The number of aromatic nitrogens is 4. The SMILES string of the molecule is Cc1cc(C)n(-c2nc(-c3ccccc3)cc(-c3ccccc3)n2)n1. The summed E-state index contributed by atoms with van der Waals surface area (Å²) < 4.78 is 1.80. The van der Waals surface area contributed by atoms with Crippen LogP contribution in [0.25, 0.3) is 28.5 Å². The van der Waals surface area contributed by atoms with Crippen molar-refractivity contribution in [2.45, 2.75) is 13.8 Å². The van der Waals surface area contributed by atoms with Crippen molar-refractivity contribution in [3.63, 3.8) is 0 Å². The van der Waals surface area contributed by atoms with Gasteiger partial charge in [-0.2, -0.15) is 5.10 Å². The van der Waals surface area contributed by atoms with E-state index in [4.69, 9.17) is 9.97 Å². The Morgan fingerprint density at radius 3 is 1.64 bits per heavy atom. The topological polar surface area (TPSA) is 43.6 Å². The van der Waals surface area contributed by atoms with Gasteiger partial charge >= 0.3 is 0 Å². The predicted molar refractivity (Wildman–Crippen MR) is 99.5 cm³/mol. The zero-order valence-corrected chi connectivity index (χ0v) is 14.2. The molecule has 0 spiro atoms. The molecule has 25 heavy (non-hydrogen) atoms. The van der Waals surface area contributed by atoms with Gasteiger partial charge in [0, 0.05) is 16.8 Å². The Balaban J connectivity index is 1.94. The summed E-state index contributed by atoms with van der Waals surface area (Å²) in [4.78, 5) is 9.53. The molecule has 0 aliphatic rings. The predicted octanol–water partition coefficient (Wildman–Crippen LogP) is 4.61. The standard InChI is InChI=1S/C21H18N4/c1-15-13-16(2)25(24-15)21-22-19(17-9-5-3-6-10-17)14-20(23-21)18-11-7-4-8-12-18/h3-14H,1-2H3. The highest BCUT2D eigenvalue weighted by molar-refractivity contribution is 5.68. The Kier molecular flexibility index (Phi) is 3.86. The average molecular weight is 326 g/mol. The van der Waals surface area contributed by atoms with Gasteiger partial charge in [-0.1, -0.05) is 60.7 Å². The van der Waals surface area contributed by atoms with E-state index < -0.39 is 0 Å². The smallest absolute Gasteiger partial charge is 0.211 e. The highest BCUT2D eigenvalue weighted by Gasteiger charge is 2.12. The molecule has 0 aliphatic heterocycles. The third-order valence-corrected chi connectivity index (χ3v) is 4.05. The average Bonchev–Trinajstić information content (AvgIpc) is 3.01. The molecule has 122 valence electrons. The number of hydrogen-bond donors (Lipinski definition) is 0. The van der Waals surface area contributed by atoms with Gasteiger partial charge in [-0.25, -0.2) is 14.6 Å². The third kappa shape index (κ3) is 3.06. The fourth-order valence-electron chi connectivity index (χ4n) is 2.87. The van der Waals surface area contributed by atoms with E-state index in [0.717, 1.165) is 33.9 Å². The molecule has 2 aromatic heterocycles. The zero-order chi connectivity index (χ0) is 17.2. The molecular weight excluding hydrogens is 308 g/mol. The number of hydrogen-bond acceptors (Lipinski definition) is 3. The van der Waals surface area contributed by atoms with Crippen molar-refractivity contribution in [1.29, 1.82) is 0 Å². The first-order valence-corrected chi connectivity index (χ1v) is 8.24. The minimum Gasteiger partial charge on any atom is -0.211 e. The summed E-state index contributed by atoms with van der Waals surface area (Å²) in [5, 5.41) is 4.54. The van der Waals surface area contributed by atoms with Crippen LogP contribution in [0.4, 0.5) is 0 Å². The van der Waals surface area contributed by atoms with Crippen LogP contribution in [0.2, 0.25) is 0 Å². The number of nitrogens with zero attached hydrogens (tertiary/aromatic N) is 4. The van der Waals surface area contributed by atoms with Gasteiger partial charge in [-0.05, 0) is 26.0 Å². The van der Waals surface area contributed by atoms with Gasteiger partial charge in [0.2, 0.25) is 0 Å². The molecule has 2 heterocycles. The van der Waals surface area contributed by atoms with Gasteiger partial charge in [-0.15, -0.1) is 0 Å². The normalized spacial score (nSPS) is 10.8. The minimum atomic E-state index is 0.589. The Hall–Kier alpha value is -3.27. The molecule has 0 radical (unpaired) electrons. The van der Waals surface area contributed by atoms with E-state index in [1.165, 1.54) is 0 Å². The van der Waals surface area contributed by atoms with Crippen molar-refractivity contribution in [2.75, 3.05) is 0 Å². The molecule has 0 saturated carbocycles. The first-order valence-electron chi connectivity index (χ1n) is 8.24. The zero-order valence-electron chi connectivity index (χ0n) is 14.2. The van der Waals surface area contributed by atoms with Gasteiger partial charge in [0.15, 0.2) is 0 Å². The number of rotatable bonds is 3. The van der Waals surface area contributed by atoms with E-state index in [2.05, 4.69) is 29.4 Å². The van der Waals surface area contributed by atoms with E-state index >= 15 is 0 Å². The molecule has 0 amide bonds. The summed E-state index contributed by atoms with van der Waals surface area (Å²) in [6.07, 6.45) is 0. The van der Waals surface area contributed by atoms with Crippen molar-refractivity contribution in [3.8, 4) is 28.5 Å². The summed E-state index contributed by atoms with van der Waals surface area (Å²) in [7, 11) is 0. The van der Waals surface area contributed by atoms with Crippen LogP contribution >= 0.6 is 0 Å². The van der Waals surface area contributed by atoms with E-state index in [1.807, 2.05) is 62.4 Å². The lowest BCUT2D eigenvalue weighted by Crippen LogP contribution is -2.07. The van der Waals surface area contributed by atoms with E-state index in [0.29, 0.717) is 5.95 Å². The second-order valence-corrected chi connectivity index (χ2v) is 6.01. The largest absolute Gasteiger partial charge is 0.251 e. The number of benzene rings is 2. The Bertz CT molecular complexity index is 947. The maximum Gasteiger partial charge on any atom is 0.251 e. The van der Waals surface area contributed by atoms with E-state index in [1.54, 1.807) is 4.68 Å². The summed E-state index contributed by atoms with van der Waals surface area (Å²) in [5.74, 6) is 0.589. The third-order valence-electron chi connectivity index (χ3n) is 4.05. The Morgan fingerprint density at radius 1 is 0.680 bits per heavy atom. The van der Waals surface area contributed by atoms with Crippen molar-refractivity contribution >= 4 is 0 Å². The molecule has 0 fully saturated rings. The lowest BCUT2D eigenvalue weighted by Gasteiger charge is -2.10. The van der Waals surface area contributed by atoms with Crippen molar-refractivity contribution in [1.82, 2.24) is 19.7 Å². The lowest BCUT2D eigenvalue weighted by atomic mass is 10.1.